The Hall–Kier alpha value is -1.42. The maximum absolute atomic E-state index is 7.82. The van der Waals surface area contributed by atoms with Crippen LogP contribution < -0.4 is 0 Å². The molecule has 5 heteroatoms. The second kappa shape index (κ2) is 5.96. The number of allylic oxidation sites excluding steroid dienone is 2. The van der Waals surface area contributed by atoms with Gasteiger partial charge in [0.25, 0.3) is 0 Å². The highest BCUT2D eigenvalue weighted by Crippen LogP contribution is 2.23. The molecule has 18 heavy (non-hydrogen) atoms. The van der Waals surface area contributed by atoms with Crippen LogP contribution >= 0.6 is 11.6 Å². The second-order valence-corrected chi connectivity index (χ2v) is 5.02. The van der Waals surface area contributed by atoms with E-state index < -0.39 is 0 Å². The molecule has 0 saturated heterocycles. The summed E-state index contributed by atoms with van der Waals surface area (Å²) < 4.78 is 0. The quantitative estimate of drug-likeness (QED) is 0.660. The predicted octanol–water partition coefficient (Wildman–Crippen LogP) is 3.08. The molecule has 0 spiro atoms. The Morgan fingerprint density at radius 2 is 2.00 bits per heavy atom. The second-order valence-electron chi connectivity index (χ2n) is 4.47. The van der Waals surface area contributed by atoms with Gasteiger partial charge in [0.05, 0.1) is 0 Å². The molecule has 0 aliphatic rings. The molecule has 1 heterocycles. The monoisotopic (exact) mass is 261 g/mol. The number of hydrogen-bond acceptors (Lipinski definition) is 3. The van der Waals surface area contributed by atoms with Crippen molar-refractivity contribution >= 4 is 41.7 Å². The molecule has 0 saturated carbocycles. The van der Waals surface area contributed by atoms with E-state index in [0.717, 1.165) is 22.2 Å². The molecule has 0 aromatic carbocycles. The van der Waals surface area contributed by atoms with Crippen LogP contribution in [0.1, 0.15) is 31.9 Å². The van der Waals surface area contributed by atoms with Gasteiger partial charge in [-0.1, -0.05) is 18.5 Å². The first kappa shape index (κ1) is 14.6. The van der Waals surface area contributed by atoms with E-state index in [2.05, 4.69) is 9.98 Å². The van der Waals surface area contributed by atoms with Gasteiger partial charge in [-0.2, -0.15) is 0 Å². The molecule has 0 bridgehead atoms. The van der Waals surface area contributed by atoms with Gasteiger partial charge in [-0.3, -0.25) is 0 Å². The molecule has 94 valence electrons. The Bertz CT molecular complexity index is 539. The van der Waals surface area contributed by atoms with Gasteiger partial charge in [-0.25, -0.2) is 9.98 Å². The molecule has 0 radical (unpaired) electrons. The third-order valence-corrected chi connectivity index (χ3v) is 2.56. The van der Waals surface area contributed by atoms with Crippen LogP contribution in [-0.4, -0.2) is 23.7 Å². The molecular weight excluding hydrogens is 244 g/mol. The summed E-state index contributed by atoms with van der Waals surface area (Å²) in [4.78, 5) is 8.45. The number of nitrogens with zero attached hydrogens (tertiary/aromatic N) is 2. The fourth-order valence-corrected chi connectivity index (χ4v) is 1.93. The van der Waals surface area contributed by atoms with Crippen molar-refractivity contribution in [2.24, 2.45) is 4.99 Å². The lowest BCUT2D eigenvalue weighted by Gasteiger charge is -2.10. The summed E-state index contributed by atoms with van der Waals surface area (Å²) in [6.45, 7) is 7.45. The largest absolute Gasteiger partial charge is 0.305 e. The van der Waals surface area contributed by atoms with Crippen molar-refractivity contribution in [2.45, 2.75) is 27.7 Å². The molecule has 0 amide bonds. The molecule has 3 nitrogen and oxygen atoms in total. The van der Waals surface area contributed by atoms with Gasteiger partial charge in [0.15, 0.2) is 5.82 Å². The first-order chi connectivity index (χ1) is 8.32. The van der Waals surface area contributed by atoms with Crippen LogP contribution in [-0.2, 0) is 0 Å². The normalized spacial score (nSPS) is 13.3. The van der Waals surface area contributed by atoms with Crippen LogP contribution in [0.5, 0.6) is 0 Å². The highest BCUT2D eigenvalue weighted by Gasteiger charge is 2.08. The van der Waals surface area contributed by atoms with Crippen molar-refractivity contribution in [3.63, 3.8) is 0 Å². The zero-order valence-corrected chi connectivity index (χ0v) is 12.2. The topological polar surface area (TPSA) is 49.1 Å². The van der Waals surface area contributed by atoms with Crippen molar-refractivity contribution in [1.29, 1.82) is 5.41 Å². The Labute approximate surface area is 114 Å². The number of pyridine rings is 1. The average Bonchev–Trinajstić information content (AvgIpc) is 2.20. The lowest BCUT2D eigenvalue weighted by Crippen LogP contribution is -2.00. The summed E-state index contributed by atoms with van der Waals surface area (Å²) in [5.41, 5.74) is 4.48. The molecule has 0 aliphatic carbocycles. The molecule has 0 fully saturated rings. The van der Waals surface area contributed by atoms with Crippen LogP contribution in [0.4, 0.5) is 5.82 Å². The Morgan fingerprint density at radius 3 is 2.39 bits per heavy atom. The van der Waals surface area contributed by atoms with Gasteiger partial charge < -0.3 is 5.41 Å². The maximum atomic E-state index is 7.82. The molecule has 0 aliphatic heterocycles. The lowest BCUT2D eigenvalue weighted by molar-refractivity contribution is 1.21. The van der Waals surface area contributed by atoms with E-state index in [9.17, 15) is 0 Å². The summed E-state index contributed by atoms with van der Waals surface area (Å²) in [5.74, 6) is 0.627. The van der Waals surface area contributed by atoms with Crippen LogP contribution in [0.15, 0.2) is 22.7 Å². The molecule has 1 aromatic heterocycles. The SMILES string of the molecule is B/C(C)=C(\C(C)=N)c1cnc(/N=C(\C)Cl)c(C)c1. The van der Waals surface area contributed by atoms with Crippen LogP contribution in [0.25, 0.3) is 5.57 Å². The first-order valence-corrected chi connectivity index (χ1v) is 6.11. The summed E-state index contributed by atoms with van der Waals surface area (Å²) in [6.07, 6.45) is 1.74. The standard InChI is InChI=1S/C13H17BClN3/c1-7-5-11(12(8(2)14)9(3)16)6-17-13(7)18-10(4)15/h5-6,16H,14H2,1-4H3/b12-8+,16-9?,18-10+. The number of rotatable bonds is 3. The van der Waals surface area contributed by atoms with Gasteiger partial charge in [0, 0.05) is 17.5 Å². The summed E-state index contributed by atoms with van der Waals surface area (Å²) in [6, 6.07) is 1.99. The van der Waals surface area contributed by atoms with Gasteiger partial charge in [0.2, 0.25) is 0 Å². The lowest BCUT2D eigenvalue weighted by atomic mass is 9.86. The highest BCUT2D eigenvalue weighted by atomic mass is 35.5. The Morgan fingerprint density at radius 1 is 1.39 bits per heavy atom. The number of nitrogens with one attached hydrogen (secondary N) is 1. The fraction of sp³-hybridized carbons (Fsp3) is 0.308. The number of halogens is 1. The highest BCUT2D eigenvalue weighted by molar-refractivity contribution is 6.65. The van der Waals surface area contributed by atoms with Crippen LogP contribution in [0.3, 0.4) is 0 Å². The molecule has 0 atom stereocenters. The third-order valence-electron chi connectivity index (χ3n) is 2.47. The van der Waals surface area contributed by atoms with Crippen molar-refractivity contribution in [2.75, 3.05) is 0 Å². The van der Waals surface area contributed by atoms with Gasteiger partial charge in [0.1, 0.15) is 13.0 Å². The molecule has 1 aromatic rings. The minimum Gasteiger partial charge on any atom is -0.305 e. The van der Waals surface area contributed by atoms with Crippen molar-refractivity contribution in [3.8, 4) is 0 Å². The van der Waals surface area contributed by atoms with Crippen molar-refractivity contribution in [3.05, 3.63) is 28.9 Å². The summed E-state index contributed by atoms with van der Waals surface area (Å²) in [7, 11) is 2.00. The van der Waals surface area contributed by atoms with Crippen molar-refractivity contribution < 1.29 is 0 Å². The van der Waals surface area contributed by atoms with Crippen molar-refractivity contribution in [1.82, 2.24) is 4.98 Å². The number of aromatic nitrogens is 1. The number of aliphatic imine (C=N–C) groups is 1. The smallest absolute Gasteiger partial charge is 0.156 e. The van der Waals surface area contributed by atoms with E-state index in [1.54, 1.807) is 20.0 Å². The van der Waals surface area contributed by atoms with E-state index in [-0.39, 0.29) is 0 Å². The fourth-order valence-electron chi connectivity index (χ4n) is 1.85. The molecular formula is C13H17BClN3. The Balaban J connectivity index is 3.32. The zero-order chi connectivity index (χ0) is 13.9. The number of hydrogen-bond donors (Lipinski definition) is 1. The minimum atomic E-state index is 0.462. The van der Waals surface area contributed by atoms with E-state index in [4.69, 9.17) is 17.0 Å². The minimum absolute atomic E-state index is 0.462. The molecule has 1 N–H and O–H groups in total. The zero-order valence-electron chi connectivity index (χ0n) is 11.4. The molecule has 0 unspecified atom stereocenters. The summed E-state index contributed by atoms with van der Waals surface area (Å²) >= 11 is 5.75. The van der Waals surface area contributed by atoms with Crippen LogP contribution in [0.2, 0.25) is 0 Å². The maximum Gasteiger partial charge on any atom is 0.156 e. The van der Waals surface area contributed by atoms with Gasteiger partial charge >= 0.3 is 0 Å². The van der Waals surface area contributed by atoms with Crippen LogP contribution in [0, 0.1) is 12.3 Å². The number of aryl methyl sites for hydroxylation is 1. The third kappa shape index (κ3) is 3.54. The van der Waals surface area contributed by atoms with E-state index in [1.807, 2.05) is 27.8 Å². The molecule has 1 rings (SSSR count). The first-order valence-electron chi connectivity index (χ1n) is 5.73. The van der Waals surface area contributed by atoms with E-state index >= 15 is 0 Å². The predicted molar refractivity (Wildman–Crippen MR) is 82.1 cm³/mol. The average molecular weight is 262 g/mol. The van der Waals surface area contributed by atoms with Gasteiger partial charge in [-0.05, 0) is 38.0 Å². The van der Waals surface area contributed by atoms with E-state index in [1.165, 1.54) is 0 Å². The van der Waals surface area contributed by atoms with E-state index in [0.29, 0.717) is 16.7 Å². The Kier molecular flexibility index (Phi) is 4.85. The van der Waals surface area contributed by atoms with Gasteiger partial charge in [-0.15, -0.1) is 5.47 Å². The summed E-state index contributed by atoms with van der Waals surface area (Å²) in [5, 5.41) is 8.28.